The molecule has 3 aromatic carbocycles. The Labute approximate surface area is 204 Å². The van der Waals surface area contributed by atoms with E-state index in [1.165, 1.54) is 28.5 Å². The van der Waals surface area contributed by atoms with E-state index in [0.717, 1.165) is 28.5 Å². The number of benzene rings is 3. The summed E-state index contributed by atoms with van der Waals surface area (Å²) in [4.78, 5) is 12.7. The zero-order chi connectivity index (χ0) is 24.1. The van der Waals surface area contributed by atoms with E-state index in [-0.39, 0.29) is 11.7 Å². The van der Waals surface area contributed by atoms with Gasteiger partial charge in [-0.15, -0.1) is 10.2 Å². The molecule has 34 heavy (non-hydrogen) atoms. The fourth-order valence-corrected chi connectivity index (χ4v) is 4.36. The van der Waals surface area contributed by atoms with Gasteiger partial charge in [0.05, 0.1) is 12.3 Å². The summed E-state index contributed by atoms with van der Waals surface area (Å²) in [5, 5.41) is 15.9. The maximum absolute atomic E-state index is 12.7. The Bertz CT molecular complexity index is 1280. The molecule has 7 heteroatoms. The number of carbonyl (C=O) groups is 1. The smallest absolute Gasteiger partial charge is 0.234 e. The van der Waals surface area contributed by atoms with Gasteiger partial charge in [0.2, 0.25) is 5.91 Å². The van der Waals surface area contributed by atoms with E-state index in [2.05, 4.69) is 77.1 Å². The monoisotopic (exact) mass is 471 g/mol. The number of hydrogen-bond acceptors (Lipinski definition) is 5. The Balaban J connectivity index is 1.51. The summed E-state index contributed by atoms with van der Waals surface area (Å²) in [5.74, 6) is 0.944. The molecule has 6 nitrogen and oxygen atoms in total. The molecule has 2 N–H and O–H groups in total. The summed E-state index contributed by atoms with van der Waals surface area (Å²) < 4.78 is 2.01. The largest absolute Gasteiger partial charge is 0.378 e. The number of aromatic nitrogens is 3. The van der Waals surface area contributed by atoms with Gasteiger partial charge in [0.25, 0.3) is 0 Å². The zero-order valence-electron chi connectivity index (χ0n) is 19.9. The molecule has 0 bridgehead atoms. The lowest BCUT2D eigenvalue weighted by molar-refractivity contribution is -0.113. The molecular formula is C27H29N5OS. The first-order chi connectivity index (χ1) is 16.4. The summed E-state index contributed by atoms with van der Waals surface area (Å²) in [7, 11) is 0. The molecule has 174 valence electrons. The Morgan fingerprint density at radius 3 is 2.18 bits per heavy atom. The van der Waals surface area contributed by atoms with Crippen molar-refractivity contribution >= 4 is 29.0 Å². The van der Waals surface area contributed by atoms with E-state index >= 15 is 0 Å². The lowest BCUT2D eigenvalue weighted by atomic mass is 10.1. The average Bonchev–Trinajstić information content (AvgIpc) is 3.22. The van der Waals surface area contributed by atoms with Crippen LogP contribution in [0.15, 0.2) is 71.9 Å². The van der Waals surface area contributed by atoms with Crippen molar-refractivity contribution in [1.29, 1.82) is 0 Å². The number of rotatable bonds is 8. The van der Waals surface area contributed by atoms with Crippen molar-refractivity contribution in [2.75, 3.05) is 16.4 Å². The second-order valence-electron chi connectivity index (χ2n) is 8.44. The number of amides is 1. The molecule has 4 rings (SSSR count). The van der Waals surface area contributed by atoms with Gasteiger partial charge in [-0.1, -0.05) is 64.9 Å². The van der Waals surface area contributed by atoms with Crippen molar-refractivity contribution < 1.29 is 4.79 Å². The molecular weight excluding hydrogens is 442 g/mol. The van der Waals surface area contributed by atoms with Gasteiger partial charge in [0, 0.05) is 17.1 Å². The van der Waals surface area contributed by atoms with Crippen LogP contribution in [-0.4, -0.2) is 26.4 Å². The summed E-state index contributed by atoms with van der Waals surface area (Å²) in [6.07, 6.45) is 0. The van der Waals surface area contributed by atoms with Crippen molar-refractivity contribution in [2.45, 2.75) is 39.4 Å². The van der Waals surface area contributed by atoms with E-state index < -0.39 is 0 Å². The fourth-order valence-electron chi connectivity index (χ4n) is 3.58. The molecule has 1 heterocycles. The molecule has 0 radical (unpaired) electrons. The zero-order valence-corrected chi connectivity index (χ0v) is 20.7. The number of nitrogens with one attached hydrogen (secondary N) is 2. The van der Waals surface area contributed by atoms with Crippen molar-refractivity contribution in [3.05, 3.63) is 94.8 Å². The third-order valence-electron chi connectivity index (χ3n) is 5.48. The quantitative estimate of drug-likeness (QED) is 0.316. The van der Waals surface area contributed by atoms with E-state index in [1.54, 1.807) is 0 Å². The van der Waals surface area contributed by atoms with Crippen LogP contribution in [0.3, 0.4) is 0 Å². The highest BCUT2D eigenvalue weighted by molar-refractivity contribution is 7.99. The minimum Gasteiger partial charge on any atom is -0.378 e. The van der Waals surface area contributed by atoms with Crippen molar-refractivity contribution in [1.82, 2.24) is 14.8 Å². The second kappa shape index (κ2) is 10.6. The summed E-state index contributed by atoms with van der Waals surface area (Å²) in [6.45, 7) is 8.68. The summed E-state index contributed by atoms with van der Waals surface area (Å²) in [6, 6.07) is 22.5. The number of carbonyl (C=O) groups excluding carboxylic acids is 1. The molecule has 0 spiro atoms. The number of aryl methyl sites for hydroxylation is 4. The molecule has 0 aliphatic heterocycles. The summed E-state index contributed by atoms with van der Waals surface area (Å²) in [5.41, 5.74) is 7.43. The van der Waals surface area contributed by atoms with Gasteiger partial charge >= 0.3 is 0 Å². The van der Waals surface area contributed by atoms with Gasteiger partial charge in [-0.2, -0.15) is 0 Å². The highest BCUT2D eigenvalue weighted by Gasteiger charge is 2.16. The second-order valence-corrected chi connectivity index (χ2v) is 9.39. The van der Waals surface area contributed by atoms with E-state index in [0.29, 0.717) is 11.7 Å². The molecule has 4 aromatic rings. The number of hydrogen-bond donors (Lipinski definition) is 2. The maximum Gasteiger partial charge on any atom is 0.234 e. The minimum atomic E-state index is -0.0743. The highest BCUT2D eigenvalue weighted by atomic mass is 32.2. The molecule has 0 aliphatic carbocycles. The topological polar surface area (TPSA) is 71.8 Å². The first-order valence-electron chi connectivity index (χ1n) is 11.2. The van der Waals surface area contributed by atoms with Crippen LogP contribution in [-0.2, 0) is 11.3 Å². The van der Waals surface area contributed by atoms with E-state index in [4.69, 9.17) is 0 Å². The van der Waals surface area contributed by atoms with Crippen LogP contribution < -0.4 is 10.6 Å². The van der Waals surface area contributed by atoms with Gasteiger partial charge in [0.15, 0.2) is 11.0 Å². The Morgan fingerprint density at radius 2 is 1.50 bits per heavy atom. The van der Waals surface area contributed by atoms with Crippen LogP contribution in [0.4, 0.5) is 11.4 Å². The maximum atomic E-state index is 12.7. The van der Waals surface area contributed by atoms with Crippen molar-refractivity contribution in [2.24, 2.45) is 0 Å². The molecule has 0 saturated carbocycles. The molecule has 1 aromatic heterocycles. The van der Waals surface area contributed by atoms with E-state index in [9.17, 15) is 4.79 Å². The Kier molecular flexibility index (Phi) is 7.33. The molecule has 0 fully saturated rings. The average molecular weight is 472 g/mol. The molecule has 0 atom stereocenters. The van der Waals surface area contributed by atoms with Crippen LogP contribution in [0, 0.1) is 27.7 Å². The SMILES string of the molecule is Cc1ccc(NCc2nnc(SCC(=O)Nc3ccc(C)cc3C)n2-c2ccc(C)cc2)cc1. The number of anilines is 2. The summed E-state index contributed by atoms with van der Waals surface area (Å²) >= 11 is 1.38. The van der Waals surface area contributed by atoms with Crippen molar-refractivity contribution in [3.63, 3.8) is 0 Å². The first-order valence-corrected chi connectivity index (χ1v) is 12.2. The highest BCUT2D eigenvalue weighted by Crippen LogP contribution is 2.24. The van der Waals surface area contributed by atoms with Crippen LogP contribution in [0.5, 0.6) is 0 Å². The Hall–Kier alpha value is -3.58. The van der Waals surface area contributed by atoms with Crippen LogP contribution in [0.25, 0.3) is 5.69 Å². The molecule has 0 unspecified atom stereocenters. The lowest BCUT2D eigenvalue weighted by Crippen LogP contribution is -2.15. The first kappa shape index (κ1) is 23.6. The van der Waals surface area contributed by atoms with Gasteiger partial charge in [0.1, 0.15) is 0 Å². The lowest BCUT2D eigenvalue weighted by Gasteiger charge is -2.12. The van der Waals surface area contributed by atoms with Crippen LogP contribution in [0.1, 0.15) is 28.1 Å². The standard InChI is InChI=1S/C27H29N5OS/c1-18-5-10-22(11-6-18)28-16-25-30-31-27(32(25)23-12-7-19(2)8-13-23)34-17-26(33)29-24-14-9-20(3)15-21(24)4/h5-15,28H,16-17H2,1-4H3,(H,29,33). The third kappa shape index (κ3) is 5.85. The predicted molar refractivity (Wildman–Crippen MR) is 140 cm³/mol. The predicted octanol–water partition coefficient (Wildman–Crippen LogP) is 5.84. The van der Waals surface area contributed by atoms with Crippen LogP contribution >= 0.6 is 11.8 Å². The van der Waals surface area contributed by atoms with Crippen molar-refractivity contribution in [3.8, 4) is 5.69 Å². The van der Waals surface area contributed by atoms with Crippen LogP contribution in [0.2, 0.25) is 0 Å². The van der Waals surface area contributed by atoms with Gasteiger partial charge in [-0.05, 0) is 63.6 Å². The molecule has 0 saturated heterocycles. The van der Waals surface area contributed by atoms with Gasteiger partial charge in [-0.25, -0.2) is 0 Å². The van der Waals surface area contributed by atoms with Gasteiger partial charge < -0.3 is 10.6 Å². The van der Waals surface area contributed by atoms with E-state index in [1.807, 2.05) is 42.7 Å². The number of nitrogens with zero attached hydrogens (tertiary/aromatic N) is 3. The third-order valence-corrected chi connectivity index (χ3v) is 6.41. The minimum absolute atomic E-state index is 0.0743. The normalized spacial score (nSPS) is 10.8. The molecule has 1 amide bonds. The number of thioether (sulfide) groups is 1. The van der Waals surface area contributed by atoms with Gasteiger partial charge in [-0.3, -0.25) is 9.36 Å². The Morgan fingerprint density at radius 1 is 0.853 bits per heavy atom. The fraction of sp³-hybridized carbons (Fsp3) is 0.222. The molecule has 0 aliphatic rings.